The first-order valence-corrected chi connectivity index (χ1v) is 29.8. The lowest BCUT2D eigenvalue weighted by Crippen LogP contribution is -2.24. The number of aromatic amines is 3. The van der Waals surface area contributed by atoms with E-state index in [1.807, 2.05) is 79.2 Å². The van der Waals surface area contributed by atoms with Crippen molar-refractivity contribution < 1.29 is 23.5 Å². The van der Waals surface area contributed by atoms with Crippen LogP contribution >= 0.6 is 0 Å². The van der Waals surface area contributed by atoms with E-state index in [4.69, 9.17) is 19.2 Å². The van der Waals surface area contributed by atoms with Gasteiger partial charge in [0.15, 0.2) is 23.4 Å². The molecule has 9 aromatic heterocycles. The summed E-state index contributed by atoms with van der Waals surface area (Å²) in [6.07, 6.45) is 12.6. The fourth-order valence-electron chi connectivity index (χ4n) is 10.1. The fraction of sp³-hybridized carbons (Fsp3) is 0.200. The van der Waals surface area contributed by atoms with Gasteiger partial charge in [0, 0.05) is 125 Å². The molecule has 3 aromatic carbocycles. The lowest BCUT2D eigenvalue weighted by atomic mass is 10.0. The summed E-state index contributed by atoms with van der Waals surface area (Å²) < 4.78 is 13.7. The molecule has 0 bridgehead atoms. The Labute approximate surface area is 531 Å². The molecular formula is C65H63N23O5. The molecule has 0 aliphatic carbocycles. The number of nitrogens with one attached hydrogen (secondary N) is 9. The minimum absolute atomic E-state index is 0.107. The first-order valence-electron chi connectivity index (χ1n) is 29.8. The molecule has 0 saturated carbocycles. The number of aryl methyl sites for hydroxylation is 2. The normalized spacial score (nSPS) is 11.1. The van der Waals surface area contributed by atoms with Gasteiger partial charge in [0.1, 0.15) is 34.8 Å². The SMILES string of the molecule is CCc1nc(CNC(=O)c2cccc(NCc3nnc(-c4ccncc4)[nH]3)c2)c(Cc2c(CNC(=O)c3cccc(NCc4nnc(-c5ccnc(-c6cnccc6-c6nnc(CNc7cccc(C(=O)NCc8ncccn8)c7)[nH]6)c5)[nH]4)c3)c(C)nn2CCOC)o1. The predicted molar refractivity (Wildman–Crippen MR) is 342 cm³/mol. The highest BCUT2D eigenvalue weighted by molar-refractivity contribution is 5.96. The summed E-state index contributed by atoms with van der Waals surface area (Å²) in [5.74, 6) is 4.22. The minimum atomic E-state index is -0.289. The molecule has 0 aliphatic rings. The Morgan fingerprint density at radius 2 is 1.12 bits per heavy atom. The number of aromatic nitrogens is 17. The fourth-order valence-corrected chi connectivity index (χ4v) is 10.1. The van der Waals surface area contributed by atoms with Crippen LogP contribution in [0.2, 0.25) is 0 Å². The van der Waals surface area contributed by atoms with Crippen LogP contribution in [0.4, 0.5) is 17.1 Å². The zero-order valence-electron chi connectivity index (χ0n) is 50.8. The van der Waals surface area contributed by atoms with Crippen molar-refractivity contribution in [2.75, 3.05) is 29.7 Å². The number of nitrogens with zero attached hydrogens (tertiary/aromatic N) is 14. The van der Waals surface area contributed by atoms with Crippen molar-refractivity contribution in [2.24, 2.45) is 0 Å². The number of benzene rings is 3. The largest absolute Gasteiger partial charge is 0.445 e. The quantitative estimate of drug-likeness (QED) is 0.0228. The van der Waals surface area contributed by atoms with E-state index in [-0.39, 0.29) is 50.3 Å². The highest BCUT2D eigenvalue weighted by Gasteiger charge is 2.23. The van der Waals surface area contributed by atoms with Crippen LogP contribution in [-0.2, 0) is 63.4 Å². The standard InChI is InChI=1S/C65H63N23O5/c1-4-59-77-52(34-75-64(90)43-10-6-13-46(28-43)71-36-56-78-60(84-81-56)40-15-21-66-22-16-40)54(93-59)31-53-49(39(2)87-88(53)25-26-92-3)33-74-63(89)42-9-5-12-45(27-42)72-37-57-79-61(85-82-57)41-17-24-68-51(30-41)50-32-67-23-18-48(50)62-80-58(83-86-62)38-73-47-14-7-11-44(29-47)65(91)76-35-55-69-19-8-20-70-55/h5-24,27-30,32,71-73H,4,25-26,31,33-38H2,1-3H3,(H,74,89)(H,75,90)(H,76,91)(H,78,81,84)(H,79,82,85)(H,80,83,86). The van der Waals surface area contributed by atoms with Gasteiger partial charge >= 0.3 is 0 Å². The Bertz CT molecular complexity index is 4540. The molecule has 28 heteroatoms. The zero-order chi connectivity index (χ0) is 63.9. The van der Waals surface area contributed by atoms with Gasteiger partial charge in [0.2, 0.25) is 0 Å². The molecule has 0 atom stereocenters. The average molecular weight is 1250 g/mol. The first-order chi connectivity index (χ1) is 45.6. The Morgan fingerprint density at radius 1 is 0.559 bits per heavy atom. The van der Waals surface area contributed by atoms with E-state index in [0.29, 0.717) is 124 Å². The Morgan fingerprint density at radius 3 is 1.73 bits per heavy atom. The van der Waals surface area contributed by atoms with Crippen LogP contribution in [-0.4, -0.2) is 117 Å². The number of rotatable bonds is 28. The van der Waals surface area contributed by atoms with Crippen molar-refractivity contribution in [3.8, 4) is 45.4 Å². The number of pyridine rings is 3. The molecule has 0 saturated heterocycles. The van der Waals surface area contributed by atoms with Crippen LogP contribution in [0.25, 0.3) is 45.4 Å². The Hall–Kier alpha value is -12.2. The highest BCUT2D eigenvalue weighted by Crippen LogP contribution is 2.31. The summed E-state index contributed by atoms with van der Waals surface area (Å²) in [6, 6.07) is 32.5. The third kappa shape index (κ3) is 15.3. The topological polar surface area (TPSA) is 366 Å². The van der Waals surface area contributed by atoms with Crippen LogP contribution in [0, 0.1) is 6.92 Å². The van der Waals surface area contributed by atoms with Crippen LogP contribution < -0.4 is 31.9 Å². The van der Waals surface area contributed by atoms with Gasteiger partial charge in [-0.15, -0.1) is 30.6 Å². The molecule has 12 rings (SSSR count). The van der Waals surface area contributed by atoms with Crippen molar-refractivity contribution >= 4 is 34.8 Å². The number of hydrogen-bond acceptors (Lipinski definition) is 21. The number of amides is 3. The molecule has 9 N–H and O–H groups in total. The van der Waals surface area contributed by atoms with Crippen molar-refractivity contribution in [3.05, 3.63) is 227 Å². The number of anilines is 3. The second kappa shape index (κ2) is 29.0. The van der Waals surface area contributed by atoms with Crippen LogP contribution in [0.3, 0.4) is 0 Å². The van der Waals surface area contributed by atoms with Crippen molar-refractivity contribution in [2.45, 2.75) is 72.5 Å². The van der Waals surface area contributed by atoms with Crippen LogP contribution in [0.1, 0.15) is 95.6 Å². The van der Waals surface area contributed by atoms with E-state index >= 15 is 0 Å². The highest BCUT2D eigenvalue weighted by atomic mass is 16.5. The van der Waals surface area contributed by atoms with Crippen LogP contribution in [0.5, 0.6) is 0 Å². The average Bonchev–Trinajstić information content (AvgIpc) is 1.87. The maximum Gasteiger partial charge on any atom is 0.251 e. The van der Waals surface area contributed by atoms with Gasteiger partial charge in [-0.3, -0.25) is 34.0 Å². The van der Waals surface area contributed by atoms with Gasteiger partial charge in [-0.25, -0.2) is 15.0 Å². The van der Waals surface area contributed by atoms with Gasteiger partial charge < -0.3 is 56.0 Å². The second-order valence-electron chi connectivity index (χ2n) is 21.2. The molecule has 0 spiro atoms. The van der Waals surface area contributed by atoms with Crippen molar-refractivity contribution in [3.63, 3.8) is 0 Å². The summed E-state index contributed by atoms with van der Waals surface area (Å²) >= 11 is 0. The zero-order valence-corrected chi connectivity index (χ0v) is 50.8. The van der Waals surface area contributed by atoms with Gasteiger partial charge in [0.05, 0.1) is 69.4 Å². The number of oxazole rings is 1. The number of H-pyrrole nitrogens is 3. The summed E-state index contributed by atoms with van der Waals surface area (Å²) in [6.45, 7) is 6.14. The van der Waals surface area contributed by atoms with Gasteiger partial charge in [-0.1, -0.05) is 25.1 Å². The number of carbonyl (C=O) groups is 3. The number of ether oxygens (including phenoxy) is 1. The van der Waals surface area contributed by atoms with Gasteiger partial charge in [0.25, 0.3) is 17.7 Å². The number of carbonyl (C=O) groups excluding carboxylic acids is 3. The number of methoxy groups -OCH3 is 1. The van der Waals surface area contributed by atoms with Crippen LogP contribution in [0.15, 0.2) is 157 Å². The molecule has 3 amide bonds. The molecule has 0 fully saturated rings. The van der Waals surface area contributed by atoms with E-state index in [1.165, 1.54) is 0 Å². The summed E-state index contributed by atoms with van der Waals surface area (Å²) in [7, 11) is 1.63. The summed E-state index contributed by atoms with van der Waals surface area (Å²) in [5.41, 5.74) is 10.1. The molecule has 12 aromatic rings. The second-order valence-corrected chi connectivity index (χ2v) is 21.2. The third-order valence-electron chi connectivity index (χ3n) is 14.9. The minimum Gasteiger partial charge on any atom is -0.445 e. The molecule has 0 radical (unpaired) electrons. The lowest BCUT2D eigenvalue weighted by molar-refractivity contribution is 0.0942. The number of hydrogen-bond donors (Lipinski definition) is 9. The third-order valence-corrected chi connectivity index (χ3v) is 14.9. The Kier molecular flexibility index (Phi) is 19.0. The van der Waals surface area contributed by atoms with E-state index in [0.717, 1.165) is 45.0 Å². The molecular weight excluding hydrogens is 1180 g/mol. The first kappa shape index (κ1) is 61.1. The predicted octanol–water partition coefficient (Wildman–Crippen LogP) is 7.60. The van der Waals surface area contributed by atoms with Crippen molar-refractivity contribution in [1.82, 2.24) is 101 Å². The molecule has 0 aliphatic heterocycles. The molecule has 28 nitrogen and oxygen atoms in total. The maximum atomic E-state index is 14.0. The van der Waals surface area contributed by atoms with E-state index < -0.39 is 0 Å². The van der Waals surface area contributed by atoms with Gasteiger partial charge in [-0.2, -0.15) is 5.10 Å². The molecule has 9 heterocycles. The maximum absolute atomic E-state index is 14.0. The summed E-state index contributed by atoms with van der Waals surface area (Å²) in [5, 5.41) is 50.1. The smallest absolute Gasteiger partial charge is 0.251 e. The van der Waals surface area contributed by atoms with E-state index in [1.54, 1.807) is 99.0 Å². The summed E-state index contributed by atoms with van der Waals surface area (Å²) in [4.78, 5) is 76.6. The molecule has 93 heavy (non-hydrogen) atoms. The molecule has 468 valence electrons. The van der Waals surface area contributed by atoms with E-state index in [9.17, 15) is 14.4 Å². The molecule has 0 unspecified atom stereocenters. The van der Waals surface area contributed by atoms with E-state index in [2.05, 4.69) is 102 Å². The lowest BCUT2D eigenvalue weighted by Gasteiger charge is -2.12. The monoisotopic (exact) mass is 1250 g/mol. The van der Waals surface area contributed by atoms with Gasteiger partial charge in [-0.05, 0) is 97.9 Å². The Balaban J connectivity index is 0.649. The van der Waals surface area contributed by atoms with Crippen molar-refractivity contribution in [1.29, 1.82) is 0 Å².